The summed E-state index contributed by atoms with van der Waals surface area (Å²) in [7, 11) is 2.72. The maximum absolute atomic E-state index is 13.5. The summed E-state index contributed by atoms with van der Waals surface area (Å²) in [4.78, 5) is 2.42. The van der Waals surface area contributed by atoms with E-state index < -0.39 is 5.66 Å². The van der Waals surface area contributed by atoms with Crippen molar-refractivity contribution in [2.24, 2.45) is 11.5 Å². The van der Waals surface area contributed by atoms with Crippen LogP contribution in [0.3, 0.4) is 0 Å². The zero-order valence-electron chi connectivity index (χ0n) is 17.4. The van der Waals surface area contributed by atoms with Crippen molar-refractivity contribution in [2.75, 3.05) is 19.6 Å². The smallest absolute Gasteiger partial charge is 0.123 e. The Balaban J connectivity index is 1.75. The topological polar surface area (TPSA) is 55.3 Å². The highest BCUT2D eigenvalue weighted by Crippen LogP contribution is 2.32. The van der Waals surface area contributed by atoms with Crippen molar-refractivity contribution in [3.05, 3.63) is 71.0 Å². The summed E-state index contributed by atoms with van der Waals surface area (Å²) in [6, 6.07) is 15.3. The number of nitrogens with zero attached hydrogens (tertiary/aromatic N) is 1. The van der Waals surface area contributed by atoms with Gasteiger partial charge in [0.2, 0.25) is 0 Å². The third kappa shape index (κ3) is 6.24. The Morgan fingerprint density at radius 1 is 1.00 bits per heavy atom. The third-order valence-corrected chi connectivity index (χ3v) is 6.16. The third-order valence-electron chi connectivity index (χ3n) is 5.77. The predicted molar refractivity (Wildman–Crippen MR) is 128 cm³/mol. The summed E-state index contributed by atoms with van der Waals surface area (Å²) < 4.78 is 13.5. The number of halogens is 1. The molecule has 0 aliphatic carbocycles. The minimum Gasteiger partial charge on any atom is -0.313 e. The van der Waals surface area contributed by atoms with E-state index in [0.717, 1.165) is 49.8 Å². The van der Waals surface area contributed by atoms with Gasteiger partial charge in [-0.3, -0.25) is 0 Å². The number of benzene rings is 2. The van der Waals surface area contributed by atoms with Gasteiger partial charge in [0, 0.05) is 26.1 Å². The van der Waals surface area contributed by atoms with E-state index in [1.54, 1.807) is 0 Å². The molecule has 1 aliphatic heterocycles. The average molecular weight is 424 g/mol. The van der Waals surface area contributed by atoms with Crippen LogP contribution in [0.5, 0.6) is 0 Å². The summed E-state index contributed by atoms with van der Waals surface area (Å²) >= 11 is 0. The molecule has 1 fully saturated rings. The molecule has 158 valence electrons. The van der Waals surface area contributed by atoms with E-state index in [1.807, 2.05) is 12.1 Å². The van der Waals surface area contributed by atoms with Crippen LogP contribution in [0.2, 0.25) is 0 Å². The normalized spacial score (nSPS) is 15.1. The van der Waals surface area contributed by atoms with Gasteiger partial charge in [-0.2, -0.15) is 0 Å². The van der Waals surface area contributed by atoms with E-state index in [1.165, 1.54) is 28.8 Å². The van der Waals surface area contributed by atoms with Crippen LogP contribution in [-0.4, -0.2) is 30.2 Å². The van der Waals surface area contributed by atoms with E-state index in [9.17, 15) is 4.39 Å². The second kappa shape index (κ2) is 10.3. The van der Waals surface area contributed by atoms with Crippen LogP contribution in [0.15, 0.2) is 54.1 Å². The second-order valence-corrected chi connectivity index (χ2v) is 8.80. The first-order chi connectivity index (χ1) is 14.4. The fourth-order valence-electron chi connectivity index (χ4n) is 3.93. The molecule has 5 heteroatoms. The number of hydrogen-bond acceptors (Lipinski definition) is 3. The highest BCUT2D eigenvalue weighted by Gasteiger charge is 2.23. The van der Waals surface area contributed by atoms with Gasteiger partial charge in [-0.25, -0.2) is 4.39 Å². The highest BCUT2D eigenvalue weighted by atomic mass is 31.0. The number of likely N-dealkylation sites (tertiary alicyclic amines) is 1. The largest absolute Gasteiger partial charge is 0.313 e. The van der Waals surface area contributed by atoms with E-state index in [-0.39, 0.29) is 5.82 Å². The number of nitrogens with two attached hydrogens (primary N) is 2. The van der Waals surface area contributed by atoms with Gasteiger partial charge in [0.1, 0.15) is 5.82 Å². The van der Waals surface area contributed by atoms with Crippen LogP contribution in [-0.2, 0) is 0 Å². The van der Waals surface area contributed by atoms with Gasteiger partial charge in [-0.15, -0.1) is 21.6 Å². The Kier molecular flexibility index (Phi) is 7.81. The van der Waals surface area contributed by atoms with Crippen LogP contribution in [0.1, 0.15) is 43.2 Å². The van der Waals surface area contributed by atoms with Crippen molar-refractivity contribution in [3.8, 4) is 12.3 Å². The minimum atomic E-state index is -0.707. The molecule has 1 atom stereocenters. The van der Waals surface area contributed by atoms with Crippen molar-refractivity contribution in [1.29, 1.82) is 0 Å². The van der Waals surface area contributed by atoms with E-state index in [4.69, 9.17) is 17.9 Å². The molecule has 3 nitrogen and oxygen atoms in total. The predicted octanol–water partition coefficient (Wildman–Crippen LogP) is 3.64. The van der Waals surface area contributed by atoms with Gasteiger partial charge in [-0.1, -0.05) is 42.0 Å². The van der Waals surface area contributed by atoms with E-state index in [0.29, 0.717) is 12.8 Å². The fraction of sp³-hybridized carbons (Fsp3) is 0.360. The molecule has 1 aliphatic rings. The number of rotatable bonds is 7. The molecule has 1 unspecified atom stereocenters. The lowest BCUT2D eigenvalue weighted by molar-refractivity contribution is 0.223. The molecule has 4 N–H and O–H groups in total. The van der Waals surface area contributed by atoms with Crippen molar-refractivity contribution in [3.63, 3.8) is 0 Å². The summed E-state index contributed by atoms with van der Waals surface area (Å²) in [6.45, 7) is 2.80. The number of hydrogen-bond donors (Lipinski definition) is 2. The summed E-state index contributed by atoms with van der Waals surface area (Å²) in [5.41, 5.74) is 16.5. The number of piperidine rings is 1. The van der Waals surface area contributed by atoms with Crippen LogP contribution < -0.4 is 16.8 Å². The average Bonchev–Trinajstić information content (AvgIpc) is 2.75. The lowest BCUT2D eigenvalue weighted by Gasteiger charge is -2.33. The lowest BCUT2D eigenvalue weighted by atomic mass is 9.88. The molecule has 3 rings (SSSR count). The molecule has 0 aromatic heterocycles. The quantitative estimate of drug-likeness (QED) is 0.406. The molecule has 1 heterocycles. The maximum atomic E-state index is 13.5. The van der Waals surface area contributed by atoms with E-state index in [2.05, 4.69) is 44.3 Å². The van der Waals surface area contributed by atoms with Gasteiger partial charge in [0.15, 0.2) is 0 Å². The van der Waals surface area contributed by atoms with Crippen LogP contribution in [0.4, 0.5) is 4.39 Å². The van der Waals surface area contributed by atoms with E-state index >= 15 is 0 Å². The van der Waals surface area contributed by atoms with Crippen molar-refractivity contribution in [1.82, 2.24) is 4.90 Å². The van der Waals surface area contributed by atoms with Crippen molar-refractivity contribution >= 4 is 20.1 Å². The first-order valence-corrected chi connectivity index (χ1v) is 11.0. The summed E-state index contributed by atoms with van der Waals surface area (Å²) in [6.07, 6.45) is 9.26. The van der Waals surface area contributed by atoms with Gasteiger partial charge < -0.3 is 16.4 Å². The Morgan fingerprint density at radius 3 is 2.13 bits per heavy atom. The standard InChI is InChI=1S/C25H31FN3P/c1-2-3-14-25(27,28)15-18-29-16-12-21(13-17-29)24(19-4-8-22(26)9-5-19)20-6-10-23(30)11-7-20/h1,4-11H,3,12-18,27-28,30H2. The van der Waals surface area contributed by atoms with Crippen LogP contribution in [0.25, 0.3) is 5.57 Å². The molecule has 2 aromatic rings. The molecule has 0 amide bonds. The first kappa shape index (κ1) is 22.7. The van der Waals surface area contributed by atoms with Crippen molar-refractivity contribution in [2.45, 2.75) is 37.8 Å². The summed E-state index contributed by atoms with van der Waals surface area (Å²) in [5, 5.41) is 1.15. The van der Waals surface area contributed by atoms with Gasteiger partial charge >= 0.3 is 0 Å². The molecule has 2 aromatic carbocycles. The molecule has 0 bridgehead atoms. The molecule has 0 spiro atoms. The molecule has 0 radical (unpaired) electrons. The molecular formula is C25H31FN3P. The summed E-state index contributed by atoms with van der Waals surface area (Å²) in [5.74, 6) is 2.40. The molecule has 1 saturated heterocycles. The molecular weight excluding hydrogens is 392 g/mol. The maximum Gasteiger partial charge on any atom is 0.123 e. The SMILES string of the molecule is C#CCCC(N)(N)CCN1CCC(=C(c2ccc(F)cc2)c2ccc(P)cc2)CC1. The van der Waals surface area contributed by atoms with Crippen LogP contribution >= 0.6 is 9.24 Å². The monoisotopic (exact) mass is 423 g/mol. The van der Waals surface area contributed by atoms with Gasteiger partial charge in [0.25, 0.3) is 0 Å². The Labute approximate surface area is 181 Å². The van der Waals surface area contributed by atoms with Crippen LogP contribution in [0, 0.1) is 18.2 Å². The number of terminal acetylenes is 1. The van der Waals surface area contributed by atoms with Gasteiger partial charge in [-0.05, 0) is 59.8 Å². The zero-order chi connectivity index (χ0) is 21.6. The van der Waals surface area contributed by atoms with Crippen molar-refractivity contribution < 1.29 is 4.39 Å². The molecule has 0 saturated carbocycles. The Morgan fingerprint density at radius 2 is 1.57 bits per heavy atom. The minimum absolute atomic E-state index is 0.213. The fourth-order valence-corrected chi connectivity index (χ4v) is 4.13. The first-order valence-electron chi connectivity index (χ1n) is 10.5. The second-order valence-electron chi connectivity index (χ2n) is 8.14. The Bertz CT molecular complexity index is 853. The molecule has 30 heavy (non-hydrogen) atoms. The lowest BCUT2D eigenvalue weighted by Crippen LogP contribution is -2.51. The van der Waals surface area contributed by atoms with Gasteiger partial charge in [0.05, 0.1) is 5.66 Å². The zero-order valence-corrected chi connectivity index (χ0v) is 18.6. The Hall–Kier alpha value is -2.02. The highest BCUT2D eigenvalue weighted by molar-refractivity contribution is 7.27.